The predicted octanol–water partition coefficient (Wildman–Crippen LogP) is 3.63. The summed E-state index contributed by atoms with van der Waals surface area (Å²) in [5.74, 6) is -0.265. The molecule has 208 valence electrons. The second-order valence-electron chi connectivity index (χ2n) is 9.54. The van der Waals surface area contributed by atoms with Crippen LogP contribution in [0.1, 0.15) is 79.9 Å². The highest BCUT2D eigenvalue weighted by molar-refractivity contribution is 6.01. The zero-order valence-corrected chi connectivity index (χ0v) is 22.7. The van der Waals surface area contributed by atoms with Crippen molar-refractivity contribution in [3.8, 4) is 11.1 Å². The minimum absolute atomic E-state index is 0.0330. The summed E-state index contributed by atoms with van der Waals surface area (Å²) < 4.78 is 2.00. The number of benzene rings is 2. The van der Waals surface area contributed by atoms with Crippen LogP contribution in [0.25, 0.3) is 11.1 Å². The first-order valence-corrected chi connectivity index (χ1v) is 13.5. The Kier molecular flexibility index (Phi) is 11.2. The van der Waals surface area contributed by atoms with Gasteiger partial charge in [-0.05, 0) is 42.0 Å². The fourth-order valence-corrected chi connectivity index (χ4v) is 4.08. The van der Waals surface area contributed by atoms with Gasteiger partial charge in [0.05, 0.1) is 6.54 Å². The van der Waals surface area contributed by atoms with Crippen molar-refractivity contribution >= 4 is 17.8 Å². The lowest BCUT2D eigenvalue weighted by Gasteiger charge is -2.12. The minimum atomic E-state index is -1.18. The first kappa shape index (κ1) is 29.5. The van der Waals surface area contributed by atoms with Crippen LogP contribution in [0.4, 0.5) is 0 Å². The smallest absolute Gasteiger partial charge is 0.320 e. The van der Waals surface area contributed by atoms with Gasteiger partial charge in [-0.3, -0.25) is 25.2 Å². The van der Waals surface area contributed by atoms with Gasteiger partial charge >= 0.3 is 5.97 Å². The molecule has 0 radical (unpaired) electrons. The van der Waals surface area contributed by atoms with Crippen molar-refractivity contribution in [1.29, 1.82) is 0 Å². The number of unbranched alkanes of at least 4 members (excludes halogenated alkanes) is 2. The number of hydrogen-bond acceptors (Lipinski definition) is 6. The van der Waals surface area contributed by atoms with E-state index >= 15 is 0 Å². The Hall–Kier alpha value is -4.05. The summed E-state index contributed by atoms with van der Waals surface area (Å²) in [6, 6.07) is 14.0. The van der Waals surface area contributed by atoms with E-state index in [1.165, 1.54) is 0 Å². The van der Waals surface area contributed by atoms with Gasteiger partial charge in [0.1, 0.15) is 11.9 Å². The summed E-state index contributed by atoms with van der Waals surface area (Å²) in [7, 11) is 0. The molecule has 3 rings (SSSR count). The number of carbonyl (C=O) groups is 3. The molecule has 1 heterocycles. The van der Waals surface area contributed by atoms with Gasteiger partial charge < -0.3 is 10.8 Å². The van der Waals surface area contributed by atoms with E-state index in [9.17, 15) is 14.4 Å². The molecule has 0 aliphatic rings. The maximum Gasteiger partial charge on any atom is 0.320 e. The van der Waals surface area contributed by atoms with Crippen LogP contribution in [0.15, 0.2) is 48.5 Å². The van der Waals surface area contributed by atoms with Gasteiger partial charge in [0.15, 0.2) is 5.82 Å². The van der Waals surface area contributed by atoms with E-state index in [0.717, 1.165) is 66.9 Å². The molecule has 10 nitrogen and oxygen atoms in total. The van der Waals surface area contributed by atoms with Gasteiger partial charge in [-0.15, -0.1) is 0 Å². The summed E-state index contributed by atoms with van der Waals surface area (Å²) >= 11 is 0. The molecule has 39 heavy (non-hydrogen) atoms. The summed E-state index contributed by atoms with van der Waals surface area (Å²) in [6.07, 6.45) is 5.98. The van der Waals surface area contributed by atoms with E-state index in [0.29, 0.717) is 12.1 Å². The summed E-state index contributed by atoms with van der Waals surface area (Å²) in [5, 5.41) is 13.6. The zero-order chi connectivity index (χ0) is 28.2. The fourth-order valence-electron chi connectivity index (χ4n) is 4.08. The number of nitrogens with two attached hydrogens (primary N) is 1. The molecule has 1 unspecified atom stereocenters. The van der Waals surface area contributed by atoms with Crippen molar-refractivity contribution in [3.63, 3.8) is 0 Å². The van der Waals surface area contributed by atoms with Gasteiger partial charge in [0.2, 0.25) is 5.91 Å². The number of carboxylic acids is 1. The Balaban J connectivity index is 1.68. The second-order valence-corrected chi connectivity index (χ2v) is 9.54. The first-order chi connectivity index (χ1) is 18.8. The molecule has 10 heteroatoms. The van der Waals surface area contributed by atoms with E-state index < -0.39 is 23.8 Å². The van der Waals surface area contributed by atoms with Gasteiger partial charge in [-0.1, -0.05) is 69.2 Å². The lowest BCUT2D eigenvalue weighted by molar-refractivity contribution is -0.138. The molecule has 3 aromatic rings. The largest absolute Gasteiger partial charge is 0.480 e. The third-order valence-corrected chi connectivity index (χ3v) is 6.38. The Labute approximate surface area is 229 Å². The number of nitrogens with one attached hydrogen (secondary N) is 2. The average molecular weight is 535 g/mol. The van der Waals surface area contributed by atoms with Gasteiger partial charge in [0.25, 0.3) is 5.91 Å². The van der Waals surface area contributed by atoms with Crippen molar-refractivity contribution in [2.24, 2.45) is 5.73 Å². The number of nitrogens with zero attached hydrogens (tertiary/aromatic N) is 3. The van der Waals surface area contributed by atoms with Crippen LogP contribution >= 0.6 is 0 Å². The highest BCUT2D eigenvalue weighted by Crippen LogP contribution is 2.24. The first-order valence-electron chi connectivity index (χ1n) is 13.5. The standard InChI is InChI=1S/C29H38N6O4/c1-3-5-11-25-31-26(12-6-4-2)35(34-25)19-20-13-15-21(16-14-20)22-9-7-8-10-23(22)28(37)33-32-27(36)18-17-24(30)29(38)39/h7-10,13-16,24H,3-6,11-12,17-19,30H2,1-2H3,(H,32,36)(H,33,37)(H,38,39). The number of aromatic nitrogens is 3. The maximum atomic E-state index is 12.8. The minimum Gasteiger partial charge on any atom is -0.480 e. The van der Waals surface area contributed by atoms with E-state index in [1.807, 2.05) is 41.1 Å². The number of hydrogen-bond donors (Lipinski definition) is 4. The molecule has 0 spiro atoms. The molecule has 0 fully saturated rings. The summed E-state index contributed by atoms with van der Waals surface area (Å²) in [6.45, 7) is 4.95. The molecule has 2 aromatic carbocycles. The van der Waals surface area contributed by atoms with Crippen LogP contribution in [-0.2, 0) is 29.0 Å². The van der Waals surface area contributed by atoms with Gasteiger partial charge in [-0.2, -0.15) is 5.10 Å². The maximum absolute atomic E-state index is 12.8. The topological polar surface area (TPSA) is 152 Å². The van der Waals surface area contributed by atoms with Crippen LogP contribution in [0, 0.1) is 0 Å². The molecule has 5 N–H and O–H groups in total. The van der Waals surface area contributed by atoms with Crippen LogP contribution in [-0.4, -0.2) is 43.7 Å². The quantitative estimate of drug-likeness (QED) is 0.230. The highest BCUT2D eigenvalue weighted by Gasteiger charge is 2.16. The lowest BCUT2D eigenvalue weighted by Crippen LogP contribution is -2.42. The molecule has 1 aromatic heterocycles. The zero-order valence-electron chi connectivity index (χ0n) is 22.7. The van der Waals surface area contributed by atoms with Crippen molar-refractivity contribution in [3.05, 3.63) is 71.3 Å². The van der Waals surface area contributed by atoms with Crippen LogP contribution in [0.3, 0.4) is 0 Å². The molecule has 0 bridgehead atoms. The lowest BCUT2D eigenvalue weighted by atomic mass is 9.98. The average Bonchev–Trinajstić information content (AvgIpc) is 3.33. The Morgan fingerprint density at radius 1 is 0.974 bits per heavy atom. The van der Waals surface area contributed by atoms with Crippen LogP contribution < -0.4 is 16.6 Å². The molecule has 2 amide bonds. The molecular weight excluding hydrogens is 496 g/mol. The van der Waals surface area contributed by atoms with E-state index in [-0.39, 0.29) is 12.8 Å². The molecule has 0 saturated carbocycles. The van der Waals surface area contributed by atoms with E-state index in [4.69, 9.17) is 20.9 Å². The van der Waals surface area contributed by atoms with Gasteiger partial charge in [-0.25, -0.2) is 9.67 Å². The molecule has 0 saturated heterocycles. The van der Waals surface area contributed by atoms with E-state index in [2.05, 4.69) is 24.7 Å². The second kappa shape index (κ2) is 14.8. The molecular formula is C29H38N6O4. The summed E-state index contributed by atoms with van der Waals surface area (Å²) in [5.41, 5.74) is 13.2. The highest BCUT2D eigenvalue weighted by atomic mass is 16.4. The molecule has 1 atom stereocenters. The van der Waals surface area contributed by atoms with Crippen molar-refractivity contribution in [2.45, 2.75) is 77.8 Å². The molecule has 0 aliphatic carbocycles. The van der Waals surface area contributed by atoms with Crippen molar-refractivity contribution in [2.75, 3.05) is 0 Å². The Morgan fingerprint density at radius 3 is 2.36 bits per heavy atom. The third kappa shape index (κ3) is 8.75. The normalized spacial score (nSPS) is 11.7. The number of rotatable bonds is 14. The van der Waals surface area contributed by atoms with Crippen LogP contribution in [0.5, 0.6) is 0 Å². The monoisotopic (exact) mass is 534 g/mol. The fraction of sp³-hybridized carbons (Fsp3) is 0.414. The van der Waals surface area contributed by atoms with Gasteiger partial charge in [0, 0.05) is 24.8 Å². The number of carboxylic acid groups (broad SMARTS) is 1. The molecule has 0 aliphatic heterocycles. The number of aliphatic carboxylic acids is 1. The number of amides is 2. The predicted molar refractivity (Wildman–Crippen MR) is 149 cm³/mol. The van der Waals surface area contributed by atoms with Crippen LogP contribution in [0.2, 0.25) is 0 Å². The third-order valence-electron chi connectivity index (χ3n) is 6.38. The number of carbonyl (C=O) groups excluding carboxylic acids is 2. The van der Waals surface area contributed by atoms with Crippen molar-refractivity contribution < 1.29 is 19.5 Å². The summed E-state index contributed by atoms with van der Waals surface area (Å²) in [4.78, 5) is 40.4. The number of hydrazine groups is 1. The SMILES string of the molecule is CCCCc1nc(CCCC)n(Cc2ccc(-c3ccccc3C(=O)NNC(=O)CCC(N)C(=O)O)cc2)n1. The number of aryl methyl sites for hydroxylation is 2. The Bertz CT molecular complexity index is 1250. The van der Waals surface area contributed by atoms with E-state index in [1.54, 1.807) is 12.1 Å². The van der Waals surface area contributed by atoms with Crippen molar-refractivity contribution in [1.82, 2.24) is 25.6 Å². The Morgan fingerprint density at radius 2 is 1.67 bits per heavy atom.